The van der Waals surface area contributed by atoms with Gasteiger partial charge in [0.1, 0.15) is 0 Å². The van der Waals surface area contributed by atoms with Crippen molar-refractivity contribution in [2.24, 2.45) is 0 Å². The number of benzene rings is 1. The van der Waals surface area contributed by atoms with Crippen LogP contribution in [0, 0.1) is 0 Å². The van der Waals surface area contributed by atoms with E-state index in [9.17, 15) is 18.0 Å². The number of alkyl halides is 3. The molecule has 0 bridgehead atoms. The van der Waals surface area contributed by atoms with Gasteiger partial charge in [0.05, 0.1) is 5.56 Å². The standard InChI is InChI=1S/C16H17F3O2/c1-5-10-15(4,21-14(20)11(2)3)12-6-8-13(9-7-12)16(17,18)19/h5-10H,2H2,1,3-4H3/b10-5+. The van der Waals surface area contributed by atoms with Gasteiger partial charge in [0.2, 0.25) is 0 Å². The van der Waals surface area contributed by atoms with E-state index in [1.54, 1.807) is 26.0 Å². The van der Waals surface area contributed by atoms with E-state index in [-0.39, 0.29) is 5.57 Å². The lowest BCUT2D eigenvalue weighted by Gasteiger charge is -2.27. The second-order valence-electron chi connectivity index (χ2n) is 4.85. The molecule has 0 aliphatic heterocycles. The minimum atomic E-state index is -4.40. The van der Waals surface area contributed by atoms with E-state index in [0.29, 0.717) is 5.56 Å². The fourth-order valence-electron chi connectivity index (χ4n) is 1.78. The highest BCUT2D eigenvalue weighted by Gasteiger charge is 2.32. The highest BCUT2D eigenvalue weighted by molar-refractivity contribution is 5.87. The first-order valence-electron chi connectivity index (χ1n) is 6.30. The first-order chi connectivity index (χ1) is 9.60. The summed E-state index contributed by atoms with van der Waals surface area (Å²) in [5.41, 5.74) is -1.23. The molecule has 1 atom stereocenters. The van der Waals surface area contributed by atoms with E-state index in [1.165, 1.54) is 19.1 Å². The number of carbonyl (C=O) groups excluding carboxylic acids is 1. The van der Waals surface area contributed by atoms with Crippen molar-refractivity contribution in [3.63, 3.8) is 0 Å². The molecule has 0 amide bonds. The van der Waals surface area contributed by atoms with Crippen molar-refractivity contribution in [1.82, 2.24) is 0 Å². The SMILES string of the molecule is C=C(C)C(=O)OC(C)(/C=C/C)c1ccc(C(F)(F)F)cc1. The highest BCUT2D eigenvalue weighted by atomic mass is 19.4. The van der Waals surface area contributed by atoms with Gasteiger partial charge in [-0.1, -0.05) is 24.8 Å². The van der Waals surface area contributed by atoms with E-state index in [0.717, 1.165) is 12.1 Å². The summed E-state index contributed by atoms with van der Waals surface area (Å²) in [5.74, 6) is -0.601. The van der Waals surface area contributed by atoms with Gasteiger partial charge in [-0.05, 0) is 44.5 Å². The topological polar surface area (TPSA) is 26.3 Å². The molecule has 1 aromatic rings. The van der Waals surface area contributed by atoms with Crippen molar-refractivity contribution in [1.29, 1.82) is 0 Å². The lowest BCUT2D eigenvalue weighted by Crippen LogP contribution is -2.27. The molecule has 0 aliphatic carbocycles. The summed E-state index contributed by atoms with van der Waals surface area (Å²) in [6.45, 7) is 8.34. The van der Waals surface area contributed by atoms with Gasteiger partial charge in [-0.3, -0.25) is 0 Å². The largest absolute Gasteiger partial charge is 0.447 e. The third-order valence-electron chi connectivity index (χ3n) is 2.92. The minimum Gasteiger partial charge on any atom is -0.447 e. The van der Waals surface area contributed by atoms with Gasteiger partial charge < -0.3 is 4.74 Å². The molecule has 0 aromatic heterocycles. The summed E-state index contributed by atoms with van der Waals surface area (Å²) in [7, 11) is 0. The second kappa shape index (κ2) is 6.16. The molecule has 0 saturated carbocycles. The number of esters is 1. The number of ether oxygens (including phenoxy) is 1. The van der Waals surface area contributed by atoms with E-state index < -0.39 is 23.3 Å². The smallest absolute Gasteiger partial charge is 0.416 e. The van der Waals surface area contributed by atoms with Crippen molar-refractivity contribution >= 4 is 5.97 Å². The molecular weight excluding hydrogens is 281 g/mol. The zero-order chi connectivity index (χ0) is 16.3. The molecule has 2 nitrogen and oxygen atoms in total. The molecule has 114 valence electrons. The van der Waals surface area contributed by atoms with Crippen LogP contribution in [-0.2, 0) is 21.3 Å². The monoisotopic (exact) mass is 298 g/mol. The number of halogens is 3. The fraction of sp³-hybridized carbons (Fsp3) is 0.312. The molecule has 0 fully saturated rings. The van der Waals surface area contributed by atoms with E-state index in [2.05, 4.69) is 6.58 Å². The summed E-state index contributed by atoms with van der Waals surface area (Å²) < 4.78 is 43.1. The first kappa shape index (κ1) is 17.0. The van der Waals surface area contributed by atoms with E-state index >= 15 is 0 Å². The molecule has 1 rings (SSSR count). The van der Waals surface area contributed by atoms with Crippen LogP contribution in [0.15, 0.2) is 48.6 Å². The van der Waals surface area contributed by atoms with Gasteiger partial charge in [-0.2, -0.15) is 13.2 Å². The van der Waals surface area contributed by atoms with Gasteiger partial charge in [0.25, 0.3) is 0 Å². The summed E-state index contributed by atoms with van der Waals surface area (Å²) in [6.07, 6.45) is -1.12. The Morgan fingerprint density at radius 2 is 1.67 bits per heavy atom. The van der Waals surface area contributed by atoms with Crippen LogP contribution in [0.1, 0.15) is 31.9 Å². The Hall–Kier alpha value is -2.04. The number of hydrogen-bond acceptors (Lipinski definition) is 2. The Bertz CT molecular complexity index is 556. The quantitative estimate of drug-likeness (QED) is 0.461. The van der Waals surface area contributed by atoms with Crippen LogP contribution in [0.25, 0.3) is 0 Å². The molecule has 1 aromatic carbocycles. The number of carbonyl (C=O) groups is 1. The van der Waals surface area contributed by atoms with Crippen LogP contribution in [0.5, 0.6) is 0 Å². The maximum Gasteiger partial charge on any atom is 0.416 e. The van der Waals surface area contributed by atoms with Crippen LogP contribution < -0.4 is 0 Å². The average molecular weight is 298 g/mol. The Morgan fingerprint density at radius 3 is 2.05 bits per heavy atom. The van der Waals surface area contributed by atoms with Gasteiger partial charge in [-0.15, -0.1) is 0 Å². The molecule has 0 saturated heterocycles. The molecule has 0 heterocycles. The minimum absolute atomic E-state index is 0.220. The average Bonchev–Trinajstić information content (AvgIpc) is 2.38. The highest BCUT2D eigenvalue weighted by Crippen LogP contribution is 2.33. The Morgan fingerprint density at radius 1 is 1.19 bits per heavy atom. The van der Waals surface area contributed by atoms with Crippen LogP contribution in [-0.4, -0.2) is 5.97 Å². The van der Waals surface area contributed by atoms with Crippen LogP contribution in [0.3, 0.4) is 0 Å². The normalized spacial score (nSPS) is 14.8. The van der Waals surface area contributed by atoms with E-state index in [1.807, 2.05) is 0 Å². The molecule has 21 heavy (non-hydrogen) atoms. The second-order valence-corrected chi connectivity index (χ2v) is 4.85. The third kappa shape index (κ3) is 4.21. The zero-order valence-electron chi connectivity index (χ0n) is 12.1. The number of rotatable bonds is 4. The Labute approximate surface area is 121 Å². The summed E-state index contributed by atoms with van der Waals surface area (Å²) in [5, 5.41) is 0. The van der Waals surface area contributed by atoms with E-state index in [4.69, 9.17) is 4.74 Å². The van der Waals surface area contributed by atoms with Crippen molar-refractivity contribution in [2.45, 2.75) is 32.5 Å². The Kier molecular flexibility index (Phi) is 4.99. The molecule has 0 aliphatic rings. The number of allylic oxidation sites excluding steroid dienone is 1. The molecule has 0 radical (unpaired) electrons. The lowest BCUT2D eigenvalue weighted by molar-refractivity contribution is -0.149. The van der Waals surface area contributed by atoms with Crippen molar-refractivity contribution < 1.29 is 22.7 Å². The molecule has 0 spiro atoms. The molecule has 0 N–H and O–H groups in total. The first-order valence-corrected chi connectivity index (χ1v) is 6.30. The lowest BCUT2D eigenvalue weighted by atomic mass is 9.94. The molecular formula is C16H17F3O2. The summed E-state index contributed by atoms with van der Waals surface area (Å²) >= 11 is 0. The van der Waals surface area contributed by atoms with Crippen LogP contribution in [0.2, 0.25) is 0 Å². The van der Waals surface area contributed by atoms with Crippen molar-refractivity contribution in [3.8, 4) is 0 Å². The number of hydrogen-bond donors (Lipinski definition) is 0. The zero-order valence-corrected chi connectivity index (χ0v) is 12.1. The van der Waals surface area contributed by atoms with Gasteiger partial charge in [-0.25, -0.2) is 4.79 Å². The van der Waals surface area contributed by atoms with Crippen LogP contribution in [0.4, 0.5) is 13.2 Å². The third-order valence-corrected chi connectivity index (χ3v) is 2.92. The molecule has 1 unspecified atom stereocenters. The Balaban J connectivity index is 3.17. The van der Waals surface area contributed by atoms with Crippen LogP contribution >= 0.6 is 0 Å². The van der Waals surface area contributed by atoms with Gasteiger partial charge in [0.15, 0.2) is 5.60 Å². The van der Waals surface area contributed by atoms with Crippen molar-refractivity contribution in [2.75, 3.05) is 0 Å². The predicted molar refractivity (Wildman–Crippen MR) is 74.5 cm³/mol. The predicted octanol–water partition coefficient (Wildman–Crippen LogP) is 4.62. The maximum absolute atomic E-state index is 12.6. The summed E-state index contributed by atoms with van der Waals surface area (Å²) in [6, 6.07) is 4.53. The van der Waals surface area contributed by atoms with Gasteiger partial charge >= 0.3 is 12.1 Å². The summed E-state index contributed by atoms with van der Waals surface area (Å²) in [4.78, 5) is 11.7. The van der Waals surface area contributed by atoms with Crippen molar-refractivity contribution in [3.05, 3.63) is 59.7 Å². The van der Waals surface area contributed by atoms with Gasteiger partial charge in [0, 0.05) is 5.57 Å². The molecule has 5 heteroatoms. The maximum atomic E-state index is 12.6. The fourth-order valence-corrected chi connectivity index (χ4v) is 1.78.